The molecule has 0 saturated heterocycles. The molecule has 3 aromatic rings. The minimum atomic E-state index is -4.46. The van der Waals surface area contributed by atoms with E-state index >= 15 is 0 Å². The van der Waals surface area contributed by atoms with Gasteiger partial charge in [0.05, 0.1) is 19.2 Å². The van der Waals surface area contributed by atoms with Gasteiger partial charge < -0.3 is 14.6 Å². The number of hydrogen-bond donors (Lipinski definition) is 1. The van der Waals surface area contributed by atoms with E-state index in [1.807, 2.05) is 0 Å². The lowest BCUT2D eigenvalue weighted by atomic mass is 10.1. The minimum Gasteiger partial charge on any atom is -0.467 e. The minimum absolute atomic E-state index is 0.0239. The number of methoxy groups -OCH3 is 1. The van der Waals surface area contributed by atoms with E-state index in [0.717, 1.165) is 12.1 Å². The topological polar surface area (TPSA) is 77.4 Å². The van der Waals surface area contributed by atoms with Crippen molar-refractivity contribution in [2.24, 2.45) is 0 Å². The number of aromatic nitrogens is 1. The molecule has 1 N–H and O–H groups in total. The van der Waals surface area contributed by atoms with E-state index in [4.69, 9.17) is 4.74 Å². The quantitative estimate of drug-likeness (QED) is 0.546. The molecule has 34 heavy (non-hydrogen) atoms. The molecule has 2 aromatic carbocycles. The highest BCUT2D eigenvalue weighted by atomic mass is 19.4. The van der Waals surface area contributed by atoms with E-state index in [-0.39, 0.29) is 12.1 Å². The molecule has 0 aliphatic heterocycles. The summed E-state index contributed by atoms with van der Waals surface area (Å²) in [6.07, 6.45) is -4.46. The fourth-order valence-corrected chi connectivity index (χ4v) is 3.48. The Kier molecular flexibility index (Phi) is 7.24. The Labute approximate surface area is 194 Å². The van der Waals surface area contributed by atoms with Crippen LogP contribution in [0.1, 0.15) is 44.3 Å². The summed E-state index contributed by atoms with van der Waals surface area (Å²) in [5, 5.41) is 2.55. The average Bonchev–Trinajstić information content (AvgIpc) is 2.82. The van der Waals surface area contributed by atoms with Crippen LogP contribution in [0.4, 0.5) is 13.2 Å². The van der Waals surface area contributed by atoms with Gasteiger partial charge in [0.15, 0.2) is 6.04 Å². The van der Waals surface area contributed by atoms with Crippen molar-refractivity contribution in [2.75, 3.05) is 7.11 Å². The standard InChI is InChI=1S/C25H23F3N2O4/c1-15-13-20(22(31)29-21(24(33)34-3)18-7-5-4-6-8-18)23(32)30(16(15)2)14-17-9-11-19(12-10-17)25(26,27)28/h4-13,21H,14H2,1-3H3,(H,29,31)/t21-/m0/s1. The molecule has 6 nitrogen and oxygen atoms in total. The third-order valence-corrected chi connectivity index (χ3v) is 5.52. The third-order valence-electron chi connectivity index (χ3n) is 5.52. The summed E-state index contributed by atoms with van der Waals surface area (Å²) in [6.45, 7) is 3.37. The van der Waals surface area contributed by atoms with E-state index < -0.39 is 35.2 Å². The van der Waals surface area contributed by atoms with Crippen molar-refractivity contribution in [3.63, 3.8) is 0 Å². The van der Waals surface area contributed by atoms with Crippen LogP contribution in [0.15, 0.2) is 65.5 Å². The predicted molar refractivity (Wildman–Crippen MR) is 119 cm³/mol. The average molecular weight is 472 g/mol. The maximum Gasteiger partial charge on any atom is 0.416 e. The van der Waals surface area contributed by atoms with Crippen molar-refractivity contribution in [1.29, 1.82) is 0 Å². The summed E-state index contributed by atoms with van der Waals surface area (Å²) >= 11 is 0. The summed E-state index contributed by atoms with van der Waals surface area (Å²) in [4.78, 5) is 38.5. The van der Waals surface area contributed by atoms with Crippen molar-refractivity contribution >= 4 is 11.9 Å². The first-order chi connectivity index (χ1) is 16.0. The number of halogens is 3. The monoisotopic (exact) mass is 472 g/mol. The second-order valence-electron chi connectivity index (χ2n) is 7.75. The number of rotatable bonds is 6. The van der Waals surface area contributed by atoms with Gasteiger partial charge in [0.25, 0.3) is 11.5 Å². The Balaban J connectivity index is 1.94. The molecule has 0 aliphatic carbocycles. The summed E-state index contributed by atoms with van der Waals surface area (Å²) in [7, 11) is 1.19. The van der Waals surface area contributed by atoms with Crippen molar-refractivity contribution in [1.82, 2.24) is 9.88 Å². The molecule has 0 aliphatic rings. The van der Waals surface area contributed by atoms with Crippen molar-refractivity contribution < 1.29 is 27.5 Å². The number of aryl methyl sites for hydroxylation is 1. The molecule has 0 unspecified atom stereocenters. The maximum absolute atomic E-state index is 13.2. The Morgan fingerprint density at radius 1 is 1.03 bits per heavy atom. The van der Waals surface area contributed by atoms with E-state index in [1.54, 1.807) is 44.2 Å². The number of carbonyl (C=O) groups is 2. The zero-order valence-electron chi connectivity index (χ0n) is 18.8. The van der Waals surface area contributed by atoms with Gasteiger partial charge in [0.2, 0.25) is 0 Å². The van der Waals surface area contributed by atoms with Gasteiger partial charge in [-0.3, -0.25) is 9.59 Å². The van der Waals surface area contributed by atoms with Crippen LogP contribution in [0, 0.1) is 13.8 Å². The zero-order chi connectivity index (χ0) is 25.0. The summed E-state index contributed by atoms with van der Waals surface area (Å²) in [6, 6.07) is 13.2. The van der Waals surface area contributed by atoms with Crippen LogP contribution in [0.5, 0.6) is 0 Å². The number of nitrogens with one attached hydrogen (secondary N) is 1. The van der Waals surface area contributed by atoms with Crippen LogP contribution in [-0.4, -0.2) is 23.6 Å². The molecule has 1 aromatic heterocycles. The summed E-state index contributed by atoms with van der Waals surface area (Å²) in [5.41, 5.74) is 0.528. The number of amides is 1. The number of carbonyl (C=O) groups excluding carboxylic acids is 2. The lowest BCUT2D eigenvalue weighted by Crippen LogP contribution is -2.39. The van der Waals surface area contributed by atoms with Crippen LogP contribution < -0.4 is 10.9 Å². The smallest absolute Gasteiger partial charge is 0.416 e. The first kappa shape index (κ1) is 24.8. The highest BCUT2D eigenvalue weighted by Gasteiger charge is 2.30. The number of alkyl halides is 3. The predicted octanol–water partition coefficient (Wildman–Crippen LogP) is 4.18. The fourth-order valence-electron chi connectivity index (χ4n) is 3.48. The van der Waals surface area contributed by atoms with Gasteiger partial charge in [-0.2, -0.15) is 13.2 Å². The summed E-state index contributed by atoms with van der Waals surface area (Å²) in [5.74, 6) is -1.47. The number of benzene rings is 2. The van der Waals surface area contributed by atoms with Crippen LogP contribution >= 0.6 is 0 Å². The lowest BCUT2D eigenvalue weighted by Gasteiger charge is -2.19. The molecule has 1 amide bonds. The van der Waals surface area contributed by atoms with E-state index in [2.05, 4.69) is 5.32 Å². The van der Waals surface area contributed by atoms with Gasteiger partial charge in [0, 0.05) is 5.69 Å². The molecule has 0 saturated carbocycles. The van der Waals surface area contributed by atoms with Gasteiger partial charge >= 0.3 is 12.1 Å². The second-order valence-corrected chi connectivity index (χ2v) is 7.75. The first-order valence-corrected chi connectivity index (χ1v) is 10.3. The van der Waals surface area contributed by atoms with Crippen LogP contribution in [-0.2, 0) is 22.3 Å². The van der Waals surface area contributed by atoms with Crippen LogP contribution in [0.3, 0.4) is 0 Å². The van der Waals surface area contributed by atoms with Crippen molar-refractivity contribution in [2.45, 2.75) is 32.6 Å². The molecular weight excluding hydrogens is 449 g/mol. The molecule has 1 atom stereocenters. The number of esters is 1. The largest absolute Gasteiger partial charge is 0.467 e. The van der Waals surface area contributed by atoms with E-state index in [1.165, 1.54) is 29.9 Å². The number of ether oxygens (including phenoxy) is 1. The molecule has 0 radical (unpaired) electrons. The molecule has 9 heteroatoms. The first-order valence-electron chi connectivity index (χ1n) is 10.3. The zero-order valence-corrected chi connectivity index (χ0v) is 18.8. The Morgan fingerprint density at radius 3 is 2.21 bits per heavy atom. The molecule has 0 bridgehead atoms. The lowest BCUT2D eigenvalue weighted by molar-refractivity contribution is -0.143. The number of nitrogens with zero attached hydrogens (tertiary/aromatic N) is 1. The molecule has 1 heterocycles. The van der Waals surface area contributed by atoms with Crippen molar-refractivity contribution in [3.05, 3.63) is 105 Å². The van der Waals surface area contributed by atoms with Crippen molar-refractivity contribution in [3.8, 4) is 0 Å². The van der Waals surface area contributed by atoms with Gasteiger partial charge in [-0.05, 0) is 48.7 Å². The molecular formula is C25H23F3N2O4. The SMILES string of the molecule is COC(=O)[C@@H](NC(=O)c1cc(C)c(C)n(Cc2ccc(C(F)(F)F)cc2)c1=O)c1ccccc1. The fraction of sp³-hybridized carbons (Fsp3) is 0.240. The number of hydrogen-bond acceptors (Lipinski definition) is 4. The third kappa shape index (κ3) is 5.36. The van der Waals surface area contributed by atoms with Crippen LogP contribution in [0.2, 0.25) is 0 Å². The van der Waals surface area contributed by atoms with Gasteiger partial charge in [0.1, 0.15) is 5.56 Å². The molecule has 3 rings (SSSR count). The Bertz CT molecular complexity index is 1250. The molecule has 178 valence electrons. The normalized spacial score (nSPS) is 12.2. The van der Waals surface area contributed by atoms with E-state index in [0.29, 0.717) is 22.4 Å². The Morgan fingerprint density at radius 2 is 1.65 bits per heavy atom. The molecule has 0 spiro atoms. The molecule has 0 fully saturated rings. The highest BCUT2D eigenvalue weighted by molar-refractivity contribution is 5.97. The Hall–Kier alpha value is -3.88. The van der Waals surface area contributed by atoms with E-state index in [9.17, 15) is 27.6 Å². The maximum atomic E-state index is 13.2. The summed E-state index contributed by atoms with van der Waals surface area (Å²) < 4.78 is 44.7. The second kappa shape index (κ2) is 9.94. The van der Waals surface area contributed by atoms with Gasteiger partial charge in [-0.1, -0.05) is 42.5 Å². The van der Waals surface area contributed by atoms with Gasteiger partial charge in [-0.15, -0.1) is 0 Å². The van der Waals surface area contributed by atoms with Gasteiger partial charge in [-0.25, -0.2) is 4.79 Å². The van der Waals surface area contributed by atoms with Crippen LogP contribution in [0.25, 0.3) is 0 Å². The number of pyridine rings is 1. The highest BCUT2D eigenvalue weighted by Crippen LogP contribution is 2.29.